The summed E-state index contributed by atoms with van der Waals surface area (Å²) in [5, 5.41) is 0.730. The van der Waals surface area contributed by atoms with Gasteiger partial charge < -0.3 is 0 Å². The van der Waals surface area contributed by atoms with Gasteiger partial charge in [0.25, 0.3) is 0 Å². The van der Waals surface area contributed by atoms with E-state index < -0.39 is 0 Å². The van der Waals surface area contributed by atoms with Crippen molar-refractivity contribution in [1.29, 1.82) is 0 Å². The zero-order chi connectivity index (χ0) is 16.8. The van der Waals surface area contributed by atoms with Crippen LogP contribution in [0, 0.1) is 5.41 Å². The maximum atomic E-state index is 13.2. The number of allylic oxidation sites excluding steroid dienone is 2. The van der Waals surface area contributed by atoms with Gasteiger partial charge in [-0.05, 0) is 62.0 Å². The third kappa shape index (κ3) is 2.89. The van der Waals surface area contributed by atoms with Crippen molar-refractivity contribution in [3.63, 3.8) is 0 Å². The first kappa shape index (κ1) is 16.8. The Hall–Kier alpha value is -0.640. The van der Waals surface area contributed by atoms with Crippen molar-refractivity contribution in [2.75, 3.05) is 11.5 Å². The minimum absolute atomic E-state index is 0.256. The van der Waals surface area contributed by atoms with E-state index in [1.54, 1.807) is 0 Å². The van der Waals surface area contributed by atoms with Gasteiger partial charge in [-0.15, -0.1) is 23.5 Å². The summed E-state index contributed by atoms with van der Waals surface area (Å²) in [5.41, 5.74) is 3.13. The Labute approximate surface area is 157 Å². The highest BCUT2D eigenvalue weighted by Crippen LogP contribution is 2.57. The molecule has 1 saturated heterocycles. The van der Waals surface area contributed by atoms with Crippen LogP contribution in [-0.4, -0.2) is 21.4 Å². The molecule has 1 unspecified atom stereocenters. The Morgan fingerprint density at radius 3 is 2.50 bits per heavy atom. The second-order valence-electron chi connectivity index (χ2n) is 7.06. The number of carbonyl (C=O) groups excluding carboxylic acids is 1. The fraction of sp³-hybridized carbons (Fsp3) is 0.450. The molecule has 4 heteroatoms. The van der Waals surface area contributed by atoms with Gasteiger partial charge in [0.1, 0.15) is 0 Å². The van der Waals surface area contributed by atoms with Gasteiger partial charge in [0.15, 0.2) is 5.78 Å². The number of benzene rings is 1. The summed E-state index contributed by atoms with van der Waals surface area (Å²) in [5.74, 6) is 2.81. The van der Waals surface area contributed by atoms with Crippen molar-refractivity contribution < 1.29 is 4.79 Å². The highest BCUT2D eigenvalue weighted by molar-refractivity contribution is 8.21. The van der Waals surface area contributed by atoms with Crippen LogP contribution in [0.15, 0.2) is 41.5 Å². The van der Waals surface area contributed by atoms with Crippen LogP contribution in [0.5, 0.6) is 0 Å². The highest BCUT2D eigenvalue weighted by Gasteiger charge is 2.49. The number of hydrogen-bond donors (Lipinski definition) is 0. The van der Waals surface area contributed by atoms with E-state index in [0.717, 1.165) is 41.8 Å². The molecule has 0 aromatic heterocycles. The van der Waals surface area contributed by atoms with Gasteiger partial charge >= 0.3 is 0 Å². The van der Waals surface area contributed by atoms with Crippen LogP contribution in [0.4, 0.5) is 0 Å². The lowest BCUT2D eigenvalue weighted by Gasteiger charge is -2.44. The minimum atomic E-state index is -0.286. The number of hydrogen-bond acceptors (Lipinski definition) is 3. The van der Waals surface area contributed by atoms with Crippen LogP contribution in [-0.2, 0) is 4.79 Å². The van der Waals surface area contributed by atoms with Crippen LogP contribution in [0.3, 0.4) is 0 Å². The number of carbonyl (C=O) groups is 1. The number of ketones is 1. The van der Waals surface area contributed by atoms with Crippen LogP contribution in [0.1, 0.15) is 38.2 Å². The van der Waals surface area contributed by atoms with Crippen molar-refractivity contribution in [3.8, 4) is 0 Å². The Kier molecular flexibility index (Phi) is 4.39. The van der Waals surface area contributed by atoms with Crippen LogP contribution in [0.2, 0.25) is 5.02 Å². The first-order valence-electron chi connectivity index (χ1n) is 8.52. The van der Waals surface area contributed by atoms with E-state index in [0.29, 0.717) is 5.78 Å². The molecule has 1 nitrogen and oxygen atoms in total. The smallest absolute Gasteiger partial charge is 0.168 e. The molecule has 4 rings (SSSR count). The molecule has 2 aliphatic carbocycles. The predicted octanol–water partition coefficient (Wildman–Crippen LogP) is 5.99. The van der Waals surface area contributed by atoms with E-state index in [4.69, 9.17) is 11.6 Å². The Morgan fingerprint density at radius 1 is 1.08 bits per heavy atom. The number of thioether (sulfide) groups is 2. The molecule has 1 heterocycles. The fourth-order valence-corrected chi connectivity index (χ4v) is 7.28. The van der Waals surface area contributed by atoms with Crippen molar-refractivity contribution in [2.45, 2.75) is 36.7 Å². The Balaban J connectivity index is 1.64. The molecule has 0 bridgehead atoms. The Bertz CT molecular complexity index is 729. The lowest BCUT2D eigenvalue weighted by atomic mass is 9.63. The van der Waals surface area contributed by atoms with E-state index >= 15 is 0 Å². The summed E-state index contributed by atoms with van der Waals surface area (Å²) >= 11 is 10.1. The topological polar surface area (TPSA) is 17.1 Å². The van der Waals surface area contributed by atoms with E-state index in [1.165, 1.54) is 17.1 Å². The monoisotopic (exact) mass is 376 g/mol. The first-order chi connectivity index (χ1) is 11.5. The van der Waals surface area contributed by atoms with E-state index in [9.17, 15) is 4.79 Å². The lowest BCUT2D eigenvalue weighted by molar-refractivity contribution is -0.123. The molecule has 3 aliphatic rings. The molecule has 1 aromatic rings. The zero-order valence-corrected chi connectivity index (χ0v) is 16.2. The molecule has 0 amide bonds. The third-order valence-corrected chi connectivity index (χ3v) is 9.18. The SMILES string of the molecule is CC12CCC3(C=C1CC/C(=C\c1ccc(Cl)cc1)C2=O)SCCS3. The second-order valence-corrected chi connectivity index (χ2v) is 10.6. The summed E-state index contributed by atoms with van der Waals surface area (Å²) < 4.78 is 0.256. The molecule has 1 saturated carbocycles. The fourth-order valence-electron chi connectivity index (χ4n) is 4.02. The lowest BCUT2D eigenvalue weighted by Crippen LogP contribution is -2.40. The quantitative estimate of drug-likeness (QED) is 0.442. The molecule has 1 aliphatic heterocycles. The van der Waals surface area contributed by atoms with Crippen LogP contribution >= 0.6 is 35.1 Å². The second kappa shape index (κ2) is 6.26. The molecule has 1 atom stereocenters. The molecule has 0 N–H and O–H groups in total. The molecular weight excluding hydrogens is 356 g/mol. The summed E-state index contributed by atoms with van der Waals surface area (Å²) in [6.45, 7) is 2.16. The summed E-state index contributed by atoms with van der Waals surface area (Å²) in [4.78, 5) is 13.2. The third-order valence-electron chi connectivity index (χ3n) is 5.52. The number of Topliss-reactive ketones (excluding diaryl/α,β-unsaturated/α-hetero) is 1. The highest BCUT2D eigenvalue weighted by atomic mass is 35.5. The maximum absolute atomic E-state index is 13.2. The van der Waals surface area contributed by atoms with Gasteiger partial charge in [-0.1, -0.05) is 35.4 Å². The van der Waals surface area contributed by atoms with Crippen molar-refractivity contribution in [3.05, 3.63) is 52.1 Å². The molecule has 2 fully saturated rings. The number of rotatable bonds is 1. The van der Waals surface area contributed by atoms with Gasteiger partial charge in [0.2, 0.25) is 0 Å². The standard InChI is InChI=1S/C20H21ClOS2/c1-19-8-9-20(23-10-11-24-20)13-16(19)5-4-15(18(19)22)12-14-2-6-17(21)7-3-14/h2-3,6-7,12-13H,4-5,8-11H2,1H3/b15-12+. The molecule has 0 radical (unpaired) electrons. The summed E-state index contributed by atoms with van der Waals surface area (Å²) in [7, 11) is 0. The van der Waals surface area contributed by atoms with Gasteiger partial charge in [-0.3, -0.25) is 4.79 Å². The summed E-state index contributed by atoms with van der Waals surface area (Å²) in [6.07, 6.45) is 8.48. The van der Waals surface area contributed by atoms with E-state index in [-0.39, 0.29) is 9.49 Å². The van der Waals surface area contributed by atoms with Gasteiger partial charge in [-0.25, -0.2) is 0 Å². The average molecular weight is 377 g/mol. The van der Waals surface area contributed by atoms with Crippen molar-refractivity contribution in [1.82, 2.24) is 0 Å². The van der Waals surface area contributed by atoms with E-state index in [1.807, 2.05) is 24.3 Å². The van der Waals surface area contributed by atoms with Gasteiger partial charge in [-0.2, -0.15) is 0 Å². The number of fused-ring (bicyclic) bond motifs is 1. The zero-order valence-electron chi connectivity index (χ0n) is 13.8. The number of halogens is 1. The molecule has 1 aromatic carbocycles. The maximum Gasteiger partial charge on any atom is 0.168 e. The largest absolute Gasteiger partial charge is 0.294 e. The molecule has 24 heavy (non-hydrogen) atoms. The van der Waals surface area contributed by atoms with Crippen LogP contribution in [0.25, 0.3) is 6.08 Å². The minimum Gasteiger partial charge on any atom is -0.294 e. The van der Waals surface area contributed by atoms with Crippen LogP contribution < -0.4 is 0 Å². The van der Waals surface area contributed by atoms with Gasteiger partial charge in [0.05, 0.1) is 9.49 Å². The van der Waals surface area contributed by atoms with Crippen molar-refractivity contribution in [2.24, 2.45) is 5.41 Å². The summed E-state index contributed by atoms with van der Waals surface area (Å²) in [6, 6.07) is 7.73. The average Bonchev–Trinajstić information content (AvgIpc) is 3.03. The van der Waals surface area contributed by atoms with E-state index in [2.05, 4.69) is 42.6 Å². The van der Waals surface area contributed by atoms with Gasteiger partial charge in [0, 0.05) is 16.5 Å². The molecular formula is C20H21ClOS2. The predicted molar refractivity (Wildman–Crippen MR) is 107 cm³/mol. The van der Waals surface area contributed by atoms with Crippen molar-refractivity contribution >= 4 is 47.0 Å². The molecule has 1 spiro atoms. The Morgan fingerprint density at radius 2 is 1.79 bits per heavy atom. The normalized spacial score (nSPS) is 30.5. The first-order valence-corrected chi connectivity index (χ1v) is 10.9. The molecule has 126 valence electrons.